The molecular weight excluding hydrogens is 296 g/mol. The van der Waals surface area contributed by atoms with Crippen molar-refractivity contribution in [3.8, 4) is 5.75 Å². The van der Waals surface area contributed by atoms with Crippen molar-refractivity contribution >= 4 is 11.9 Å². The van der Waals surface area contributed by atoms with Gasteiger partial charge in [-0.3, -0.25) is 9.69 Å². The van der Waals surface area contributed by atoms with E-state index in [1.165, 1.54) is 4.90 Å². The van der Waals surface area contributed by atoms with Gasteiger partial charge in [-0.25, -0.2) is 4.79 Å². The highest BCUT2D eigenvalue weighted by atomic mass is 16.5. The van der Waals surface area contributed by atoms with Gasteiger partial charge >= 0.3 is 6.03 Å². The van der Waals surface area contributed by atoms with Crippen LogP contribution >= 0.6 is 0 Å². The summed E-state index contributed by atoms with van der Waals surface area (Å²) in [5, 5.41) is 10.1. The van der Waals surface area contributed by atoms with E-state index in [1.54, 1.807) is 7.05 Å². The molecule has 1 aromatic carbocycles. The van der Waals surface area contributed by atoms with Gasteiger partial charge in [-0.15, -0.1) is 0 Å². The second kappa shape index (κ2) is 6.58. The number of hydrogen-bond donors (Lipinski definition) is 1. The molecule has 1 saturated heterocycles. The number of carbonyl (C=O) groups is 2. The van der Waals surface area contributed by atoms with Crippen LogP contribution in [-0.2, 0) is 10.2 Å². The van der Waals surface area contributed by atoms with Crippen LogP contribution in [0.2, 0.25) is 0 Å². The summed E-state index contributed by atoms with van der Waals surface area (Å²) in [5.41, 5.74) is 0.964. The number of aliphatic hydroxyl groups excluding tert-OH is 1. The zero-order chi connectivity index (χ0) is 17.2. The number of carbonyl (C=O) groups excluding carboxylic acids is 2. The maximum atomic E-state index is 11.8. The van der Waals surface area contributed by atoms with Crippen molar-refractivity contribution in [2.45, 2.75) is 32.3 Å². The quantitative estimate of drug-likeness (QED) is 0.837. The van der Waals surface area contributed by atoms with Gasteiger partial charge in [0.05, 0.1) is 6.54 Å². The number of hydrogen-bond acceptors (Lipinski definition) is 4. The van der Waals surface area contributed by atoms with E-state index in [-0.39, 0.29) is 37.0 Å². The monoisotopic (exact) mass is 320 g/mol. The van der Waals surface area contributed by atoms with Crippen molar-refractivity contribution in [3.63, 3.8) is 0 Å². The van der Waals surface area contributed by atoms with Crippen LogP contribution in [-0.4, -0.2) is 59.7 Å². The van der Waals surface area contributed by atoms with E-state index >= 15 is 0 Å². The van der Waals surface area contributed by atoms with Gasteiger partial charge in [0.15, 0.2) is 0 Å². The molecule has 1 atom stereocenters. The van der Waals surface area contributed by atoms with Crippen LogP contribution in [0.4, 0.5) is 4.79 Å². The lowest BCUT2D eigenvalue weighted by atomic mass is 9.86. The molecule has 0 radical (unpaired) electrons. The Labute approximate surface area is 136 Å². The summed E-state index contributed by atoms with van der Waals surface area (Å²) in [6.07, 6.45) is -0.928. The normalized spacial score (nSPS) is 16.9. The lowest BCUT2D eigenvalue weighted by Gasteiger charge is -2.24. The fraction of sp³-hybridized carbons (Fsp3) is 0.529. The standard InChI is InChI=1S/C17H24N2O4/c1-17(2,3)13-7-5-6-8-14(13)23-11-12(20)9-19-15(21)10-18(4)16(19)22/h5-8,12,20H,9-11H2,1-4H3/t12-/m1/s1. The maximum absolute atomic E-state index is 11.8. The van der Waals surface area contributed by atoms with Crippen LogP contribution < -0.4 is 4.74 Å². The van der Waals surface area contributed by atoms with Crippen LogP contribution in [0, 0.1) is 0 Å². The zero-order valence-electron chi connectivity index (χ0n) is 14.1. The molecular formula is C17H24N2O4. The van der Waals surface area contributed by atoms with Gasteiger partial charge in [-0.2, -0.15) is 0 Å². The molecule has 3 amide bonds. The number of urea groups is 1. The number of para-hydroxylation sites is 1. The number of aliphatic hydroxyl groups is 1. The lowest BCUT2D eigenvalue weighted by molar-refractivity contribution is -0.126. The first kappa shape index (κ1) is 17.3. The topological polar surface area (TPSA) is 70.1 Å². The van der Waals surface area contributed by atoms with Crippen LogP contribution in [0.25, 0.3) is 0 Å². The van der Waals surface area contributed by atoms with Crippen molar-refractivity contribution < 1.29 is 19.4 Å². The predicted molar refractivity (Wildman–Crippen MR) is 86.4 cm³/mol. The van der Waals surface area contributed by atoms with E-state index in [9.17, 15) is 14.7 Å². The highest BCUT2D eigenvalue weighted by Crippen LogP contribution is 2.31. The third-order valence-electron chi connectivity index (χ3n) is 3.75. The number of nitrogens with zero attached hydrogens (tertiary/aromatic N) is 2. The van der Waals surface area contributed by atoms with Crippen LogP contribution in [0.1, 0.15) is 26.3 Å². The largest absolute Gasteiger partial charge is 0.491 e. The first-order valence-electron chi connectivity index (χ1n) is 7.66. The number of rotatable bonds is 5. The Hall–Kier alpha value is -2.08. The number of likely N-dealkylation sites (N-methyl/N-ethyl adjacent to an activating group) is 1. The molecule has 1 aliphatic heterocycles. The predicted octanol–water partition coefficient (Wildman–Crippen LogP) is 1.62. The van der Waals surface area contributed by atoms with Gasteiger partial charge in [0, 0.05) is 7.05 Å². The Morgan fingerprint density at radius 2 is 1.91 bits per heavy atom. The van der Waals surface area contributed by atoms with Gasteiger partial charge in [0.1, 0.15) is 25.0 Å². The molecule has 0 saturated carbocycles. The summed E-state index contributed by atoms with van der Waals surface area (Å²) in [4.78, 5) is 25.9. The summed E-state index contributed by atoms with van der Waals surface area (Å²) in [7, 11) is 1.56. The highest BCUT2D eigenvalue weighted by molar-refractivity contribution is 6.01. The third-order valence-corrected chi connectivity index (χ3v) is 3.75. The molecule has 6 nitrogen and oxygen atoms in total. The number of ether oxygens (including phenoxy) is 1. The molecule has 0 unspecified atom stereocenters. The van der Waals surface area contributed by atoms with E-state index in [1.807, 2.05) is 24.3 Å². The van der Waals surface area contributed by atoms with E-state index < -0.39 is 6.10 Å². The summed E-state index contributed by atoms with van der Waals surface area (Å²) in [5.74, 6) is 0.405. The number of imide groups is 1. The minimum absolute atomic E-state index is 0.0217. The molecule has 1 heterocycles. The smallest absolute Gasteiger partial charge is 0.327 e. The van der Waals surface area contributed by atoms with Gasteiger partial charge in [-0.05, 0) is 17.0 Å². The Kier molecular flexibility index (Phi) is 4.94. The molecule has 6 heteroatoms. The average molecular weight is 320 g/mol. The van der Waals surface area contributed by atoms with Crippen LogP contribution in [0.15, 0.2) is 24.3 Å². The molecule has 0 bridgehead atoms. The first-order valence-corrected chi connectivity index (χ1v) is 7.66. The molecule has 1 aromatic rings. The Bertz CT molecular complexity index is 595. The number of benzene rings is 1. The van der Waals surface area contributed by atoms with E-state index in [4.69, 9.17) is 4.74 Å². The second-order valence-corrected chi connectivity index (χ2v) is 6.85. The van der Waals surface area contributed by atoms with E-state index in [2.05, 4.69) is 20.8 Å². The van der Waals surface area contributed by atoms with Gasteiger partial charge in [0.25, 0.3) is 0 Å². The van der Waals surface area contributed by atoms with Gasteiger partial charge in [0.2, 0.25) is 5.91 Å². The van der Waals surface area contributed by atoms with Gasteiger partial charge in [-0.1, -0.05) is 39.0 Å². The highest BCUT2D eigenvalue weighted by Gasteiger charge is 2.34. The molecule has 1 aliphatic rings. The SMILES string of the molecule is CN1CC(=O)N(C[C@@H](O)COc2ccccc2C(C)(C)C)C1=O. The molecule has 23 heavy (non-hydrogen) atoms. The second-order valence-electron chi connectivity index (χ2n) is 6.85. The fourth-order valence-corrected chi connectivity index (χ4v) is 2.51. The molecule has 126 valence electrons. The number of amides is 3. The van der Waals surface area contributed by atoms with Gasteiger partial charge < -0.3 is 14.7 Å². The van der Waals surface area contributed by atoms with Crippen molar-refractivity contribution in [2.24, 2.45) is 0 Å². The summed E-state index contributed by atoms with van der Waals surface area (Å²) in [6.45, 7) is 6.28. The third kappa shape index (κ3) is 4.01. The molecule has 0 aliphatic carbocycles. The minimum atomic E-state index is -0.928. The molecule has 0 spiro atoms. The van der Waals surface area contributed by atoms with Crippen molar-refractivity contribution in [3.05, 3.63) is 29.8 Å². The first-order chi connectivity index (χ1) is 10.7. The summed E-state index contributed by atoms with van der Waals surface area (Å²) >= 11 is 0. The zero-order valence-corrected chi connectivity index (χ0v) is 14.1. The minimum Gasteiger partial charge on any atom is -0.491 e. The molecule has 0 aromatic heterocycles. The average Bonchev–Trinajstić information content (AvgIpc) is 2.71. The van der Waals surface area contributed by atoms with Crippen molar-refractivity contribution in [1.29, 1.82) is 0 Å². The molecule has 1 fully saturated rings. The van der Waals surface area contributed by atoms with E-state index in [0.29, 0.717) is 5.75 Å². The van der Waals surface area contributed by atoms with Crippen LogP contribution in [0.5, 0.6) is 5.75 Å². The number of β-amino-alcohol motifs (C(OH)–C–C–N with tert-alkyl or cyclic N) is 1. The Morgan fingerprint density at radius 1 is 1.26 bits per heavy atom. The fourth-order valence-electron chi connectivity index (χ4n) is 2.51. The molecule has 2 rings (SSSR count). The lowest BCUT2D eigenvalue weighted by Crippen LogP contribution is -2.40. The maximum Gasteiger partial charge on any atom is 0.327 e. The summed E-state index contributed by atoms with van der Waals surface area (Å²) < 4.78 is 5.72. The molecule has 1 N–H and O–H groups in total. The Balaban J connectivity index is 1.97. The van der Waals surface area contributed by atoms with Crippen molar-refractivity contribution in [2.75, 3.05) is 26.7 Å². The Morgan fingerprint density at radius 3 is 2.48 bits per heavy atom. The summed E-state index contributed by atoms with van der Waals surface area (Å²) in [6, 6.07) is 7.28. The van der Waals surface area contributed by atoms with E-state index in [0.717, 1.165) is 10.5 Å². The van der Waals surface area contributed by atoms with Crippen molar-refractivity contribution in [1.82, 2.24) is 9.80 Å². The van der Waals surface area contributed by atoms with Crippen LogP contribution in [0.3, 0.4) is 0 Å².